The normalized spacial score (nSPS) is 16.1. The molecule has 0 saturated carbocycles. The van der Waals surface area contributed by atoms with Crippen LogP contribution >= 0.6 is 0 Å². The number of ether oxygens (including phenoxy) is 2. The summed E-state index contributed by atoms with van der Waals surface area (Å²) in [6, 6.07) is 10.1. The van der Waals surface area contributed by atoms with Crippen LogP contribution in [0.3, 0.4) is 0 Å². The fourth-order valence-electron chi connectivity index (χ4n) is 4.25. The molecule has 1 aliphatic rings. The third kappa shape index (κ3) is 3.74. The molecule has 5 nitrogen and oxygen atoms in total. The second-order valence-electron chi connectivity index (χ2n) is 7.30. The summed E-state index contributed by atoms with van der Waals surface area (Å²) < 4.78 is 13.4. The number of aromatic nitrogens is 1. The summed E-state index contributed by atoms with van der Waals surface area (Å²) in [5.74, 6) is 0.862. The Morgan fingerprint density at radius 3 is 2.59 bits per heavy atom. The maximum Gasteiger partial charge on any atom is 0.253 e. The first kappa shape index (κ1) is 19.5. The molecule has 0 radical (unpaired) electrons. The molecule has 3 rings (SSSR count). The fourth-order valence-corrected chi connectivity index (χ4v) is 4.25. The van der Waals surface area contributed by atoms with E-state index in [0.717, 1.165) is 47.7 Å². The number of carbonyl (C=O) groups excluding carboxylic acids is 1. The highest BCUT2D eigenvalue weighted by molar-refractivity contribution is 5.95. The number of hydrogen-bond acceptors (Lipinski definition) is 3. The van der Waals surface area contributed by atoms with Crippen molar-refractivity contribution < 1.29 is 14.3 Å². The third-order valence-corrected chi connectivity index (χ3v) is 5.85. The molecule has 1 aromatic heterocycles. The molecule has 2 aromatic rings. The molecule has 27 heavy (non-hydrogen) atoms. The van der Waals surface area contributed by atoms with Crippen molar-refractivity contribution in [3.8, 4) is 5.75 Å². The van der Waals surface area contributed by atoms with Crippen molar-refractivity contribution in [2.75, 3.05) is 26.9 Å². The minimum Gasteiger partial charge on any atom is -0.496 e. The lowest BCUT2D eigenvalue weighted by Gasteiger charge is -2.38. The summed E-state index contributed by atoms with van der Waals surface area (Å²) in [5.41, 5.74) is 3.87. The summed E-state index contributed by atoms with van der Waals surface area (Å²) in [5, 5.41) is 3.20. The molecule has 0 aliphatic carbocycles. The van der Waals surface area contributed by atoms with Gasteiger partial charge in [-0.15, -0.1) is 0 Å². The van der Waals surface area contributed by atoms with E-state index >= 15 is 0 Å². The van der Waals surface area contributed by atoms with E-state index in [1.165, 1.54) is 0 Å². The molecule has 1 aliphatic heterocycles. The van der Waals surface area contributed by atoms with Crippen molar-refractivity contribution in [3.05, 3.63) is 52.8 Å². The van der Waals surface area contributed by atoms with Crippen molar-refractivity contribution >= 4 is 5.91 Å². The Balaban J connectivity index is 1.85. The average Bonchev–Trinajstić information content (AvgIpc) is 3.00. The highest BCUT2D eigenvalue weighted by atomic mass is 16.5. The predicted molar refractivity (Wildman–Crippen MR) is 107 cm³/mol. The molecule has 1 aromatic carbocycles. The smallest absolute Gasteiger partial charge is 0.253 e. The Morgan fingerprint density at radius 1 is 1.26 bits per heavy atom. The van der Waals surface area contributed by atoms with Crippen LogP contribution in [-0.4, -0.2) is 37.3 Å². The Bertz CT molecular complexity index is 804. The van der Waals surface area contributed by atoms with Gasteiger partial charge in [-0.25, -0.2) is 0 Å². The van der Waals surface area contributed by atoms with Crippen LogP contribution in [0.1, 0.15) is 47.1 Å². The number of amides is 1. The number of carbonyl (C=O) groups is 1. The average molecular weight is 370 g/mol. The topological polar surface area (TPSA) is 52.5 Å². The van der Waals surface area contributed by atoms with Gasteiger partial charge in [0.2, 0.25) is 0 Å². The molecule has 1 fully saturated rings. The van der Waals surface area contributed by atoms with E-state index in [-0.39, 0.29) is 11.3 Å². The van der Waals surface area contributed by atoms with Gasteiger partial charge in [0, 0.05) is 48.7 Å². The third-order valence-electron chi connectivity index (χ3n) is 5.85. The van der Waals surface area contributed by atoms with Crippen molar-refractivity contribution in [1.29, 1.82) is 0 Å². The van der Waals surface area contributed by atoms with Gasteiger partial charge in [0.25, 0.3) is 5.91 Å². The second-order valence-corrected chi connectivity index (χ2v) is 7.30. The van der Waals surface area contributed by atoms with Crippen molar-refractivity contribution in [1.82, 2.24) is 9.88 Å². The van der Waals surface area contributed by atoms with Crippen LogP contribution in [0, 0.1) is 13.8 Å². The van der Waals surface area contributed by atoms with E-state index in [2.05, 4.69) is 22.9 Å². The highest BCUT2D eigenvalue weighted by Crippen LogP contribution is 2.39. The Hall–Kier alpha value is -2.27. The van der Waals surface area contributed by atoms with Crippen LogP contribution in [-0.2, 0) is 16.7 Å². The molecule has 1 saturated heterocycles. The maximum atomic E-state index is 12.9. The van der Waals surface area contributed by atoms with Crippen LogP contribution < -0.4 is 10.1 Å². The molecule has 0 spiro atoms. The monoisotopic (exact) mass is 370 g/mol. The second kappa shape index (κ2) is 8.17. The number of aryl methyl sites for hydroxylation is 1. The van der Waals surface area contributed by atoms with Gasteiger partial charge in [-0.3, -0.25) is 4.79 Å². The SMILES string of the molecule is CCn1c(C)cc(C(=O)NCC2(c3ccccc3OC)CCOCC2)c1C. The largest absolute Gasteiger partial charge is 0.496 e. The van der Waals surface area contributed by atoms with E-state index in [1.807, 2.05) is 38.1 Å². The van der Waals surface area contributed by atoms with E-state index in [0.29, 0.717) is 19.8 Å². The van der Waals surface area contributed by atoms with Crippen molar-refractivity contribution in [3.63, 3.8) is 0 Å². The van der Waals surface area contributed by atoms with Crippen LogP contribution in [0.2, 0.25) is 0 Å². The summed E-state index contributed by atoms with van der Waals surface area (Å²) in [6.45, 7) is 8.98. The summed E-state index contributed by atoms with van der Waals surface area (Å²) in [7, 11) is 1.70. The van der Waals surface area contributed by atoms with E-state index in [1.54, 1.807) is 7.11 Å². The van der Waals surface area contributed by atoms with E-state index in [9.17, 15) is 4.79 Å². The summed E-state index contributed by atoms with van der Waals surface area (Å²) >= 11 is 0. The number of rotatable bonds is 6. The van der Waals surface area contributed by atoms with Gasteiger partial charge < -0.3 is 19.4 Å². The molecule has 1 N–H and O–H groups in total. The minimum atomic E-state index is -0.170. The van der Waals surface area contributed by atoms with Crippen LogP contribution in [0.15, 0.2) is 30.3 Å². The number of methoxy groups -OCH3 is 1. The molecule has 0 atom stereocenters. The molecule has 146 valence electrons. The molecule has 0 unspecified atom stereocenters. The molecule has 5 heteroatoms. The Morgan fingerprint density at radius 2 is 1.96 bits per heavy atom. The number of hydrogen-bond donors (Lipinski definition) is 1. The lowest BCUT2D eigenvalue weighted by atomic mass is 9.73. The Kier molecular flexibility index (Phi) is 5.90. The first-order valence-corrected chi connectivity index (χ1v) is 9.68. The minimum absolute atomic E-state index is 0.0106. The van der Waals surface area contributed by atoms with Crippen LogP contribution in [0.4, 0.5) is 0 Å². The lowest BCUT2D eigenvalue weighted by molar-refractivity contribution is 0.0479. The molecule has 2 heterocycles. The summed E-state index contributed by atoms with van der Waals surface area (Å²) in [4.78, 5) is 12.9. The number of nitrogens with one attached hydrogen (secondary N) is 1. The quantitative estimate of drug-likeness (QED) is 0.845. The highest BCUT2D eigenvalue weighted by Gasteiger charge is 2.37. The van der Waals surface area contributed by atoms with Crippen LogP contribution in [0.25, 0.3) is 0 Å². The van der Waals surface area contributed by atoms with Gasteiger partial charge in [0.15, 0.2) is 0 Å². The zero-order valence-electron chi connectivity index (χ0n) is 16.8. The molecular weight excluding hydrogens is 340 g/mol. The van der Waals surface area contributed by atoms with Gasteiger partial charge in [-0.05, 0) is 45.7 Å². The van der Waals surface area contributed by atoms with Gasteiger partial charge in [0.05, 0.1) is 12.7 Å². The molecule has 1 amide bonds. The fraction of sp³-hybridized carbons (Fsp3) is 0.500. The maximum absolute atomic E-state index is 12.9. The van der Waals surface area contributed by atoms with Crippen LogP contribution in [0.5, 0.6) is 5.75 Å². The van der Waals surface area contributed by atoms with Gasteiger partial charge in [-0.2, -0.15) is 0 Å². The van der Waals surface area contributed by atoms with E-state index < -0.39 is 0 Å². The Labute approximate surface area is 161 Å². The van der Waals surface area contributed by atoms with Gasteiger partial charge >= 0.3 is 0 Å². The predicted octanol–water partition coefficient (Wildman–Crippen LogP) is 3.61. The zero-order valence-corrected chi connectivity index (χ0v) is 16.8. The van der Waals surface area contributed by atoms with Crippen molar-refractivity contribution in [2.45, 2.75) is 45.6 Å². The first-order valence-electron chi connectivity index (χ1n) is 9.68. The zero-order chi connectivity index (χ0) is 19.4. The number of nitrogens with zero attached hydrogens (tertiary/aromatic N) is 1. The number of benzene rings is 1. The van der Waals surface area contributed by atoms with E-state index in [4.69, 9.17) is 9.47 Å². The van der Waals surface area contributed by atoms with Gasteiger partial charge in [-0.1, -0.05) is 18.2 Å². The molecular formula is C22H30N2O3. The van der Waals surface area contributed by atoms with Crippen molar-refractivity contribution in [2.24, 2.45) is 0 Å². The lowest BCUT2D eigenvalue weighted by Crippen LogP contribution is -2.44. The van der Waals surface area contributed by atoms with Gasteiger partial charge in [0.1, 0.15) is 5.75 Å². The first-order chi connectivity index (χ1) is 13.0. The molecule has 0 bridgehead atoms. The number of para-hydroxylation sites is 1. The summed E-state index contributed by atoms with van der Waals surface area (Å²) in [6.07, 6.45) is 1.73. The standard InChI is InChI=1S/C22H30N2O3/c1-5-24-16(2)14-18(17(24)3)21(25)23-15-22(10-12-27-13-11-22)19-8-6-7-9-20(19)26-4/h6-9,14H,5,10-13,15H2,1-4H3,(H,23,25).